The van der Waals surface area contributed by atoms with E-state index in [2.05, 4.69) is 33.5 Å². The minimum Gasteiger partial charge on any atom is -0.350 e. The molecular weight excluding hydrogens is 386 g/mol. The van der Waals surface area contributed by atoms with Crippen LogP contribution >= 0.6 is 0 Å². The van der Waals surface area contributed by atoms with Crippen LogP contribution in [0.15, 0.2) is 77.6 Å². The van der Waals surface area contributed by atoms with Crippen LogP contribution in [0.5, 0.6) is 0 Å². The fourth-order valence-electron chi connectivity index (χ4n) is 3.90. The van der Waals surface area contributed by atoms with Crippen molar-refractivity contribution in [3.63, 3.8) is 0 Å². The normalized spacial score (nSPS) is 11.9. The third-order valence-electron chi connectivity index (χ3n) is 5.54. The molecule has 0 radical (unpaired) electrons. The highest BCUT2D eigenvalue weighted by molar-refractivity contribution is 5.87. The lowest BCUT2D eigenvalue weighted by atomic mass is 9.99. The summed E-state index contributed by atoms with van der Waals surface area (Å²) >= 11 is 0. The summed E-state index contributed by atoms with van der Waals surface area (Å²) in [6.07, 6.45) is 0.572. The molecule has 0 spiro atoms. The van der Waals surface area contributed by atoms with Crippen LogP contribution in [0, 0.1) is 6.92 Å². The van der Waals surface area contributed by atoms with E-state index < -0.39 is 0 Å². The Morgan fingerprint density at radius 3 is 2.48 bits per heavy atom. The van der Waals surface area contributed by atoms with E-state index in [0.717, 1.165) is 21.9 Å². The summed E-state index contributed by atoms with van der Waals surface area (Å²) in [7, 11) is 0. The van der Waals surface area contributed by atoms with E-state index in [0.29, 0.717) is 23.5 Å². The van der Waals surface area contributed by atoms with E-state index in [1.165, 1.54) is 0 Å². The zero-order valence-electron chi connectivity index (χ0n) is 17.7. The fourth-order valence-corrected chi connectivity index (χ4v) is 3.90. The third-order valence-corrected chi connectivity index (χ3v) is 5.54. The van der Waals surface area contributed by atoms with Gasteiger partial charge in [-0.1, -0.05) is 72.8 Å². The molecule has 0 saturated carbocycles. The van der Waals surface area contributed by atoms with E-state index in [9.17, 15) is 9.59 Å². The number of carbonyl (C=O) groups excluding carboxylic acids is 1. The number of rotatable bonds is 6. The predicted molar refractivity (Wildman–Crippen MR) is 124 cm³/mol. The number of nitrogens with one attached hydrogen (secondary N) is 2. The Kier molecular flexibility index (Phi) is 5.94. The van der Waals surface area contributed by atoms with Gasteiger partial charge in [0.1, 0.15) is 5.82 Å². The monoisotopic (exact) mass is 411 g/mol. The number of nitrogens with zero attached hydrogens (tertiary/aromatic N) is 1. The number of benzene rings is 3. The molecule has 0 saturated heterocycles. The zero-order valence-corrected chi connectivity index (χ0v) is 17.7. The molecule has 3 aromatic carbocycles. The van der Waals surface area contributed by atoms with Crippen molar-refractivity contribution in [3.05, 3.63) is 100.0 Å². The van der Waals surface area contributed by atoms with Gasteiger partial charge in [-0.3, -0.25) is 9.59 Å². The molecule has 5 heteroatoms. The molecule has 2 N–H and O–H groups in total. The van der Waals surface area contributed by atoms with E-state index in [-0.39, 0.29) is 23.9 Å². The Morgan fingerprint density at radius 2 is 1.71 bits per heavy atom. The van der Waals surface area contributed by atoms with Gasteiger partial charge in [0.25, 0.3) is 5.56 Å². The highest BCUT2D eigenvalue weighted by Gasteiger charge is 2.15. The number of aryl methyl sites for hydroxylation is 1. The van der Waals surface area contributed by atoms with Gasteiger partial charge in [0.05, 0.1) is 6.04 Å². The number of fused-ring (bicyclic) bond motifs is 1. The van der Waals surface area contributed by atoms with Gasteiger partial charge < -0.3 is 10.3 Å². The highest BCUT2D eigenvalue weighted by Crippen LogP contribution is 2.24. The second-order valence-electron chi connectivity index (χ2n) is 7.70. The van der Waals surface area contributed by atoms with Crippen LogP contribution in [0.1, 0.15) is 36.2 Å². The third kappa shape index (κ3) is 4.56. The molecule has 1 amide bonds. The summed E-state index contributed by atoms with van der Waals surface area (Å²) in [5.74, 6) is 0.451. The maximum absolute atomic E-state index is 12.6. The lowest BCUT2D eigenvalue weighted by molar-refractivity contribution is -0.121. The molecule has 0 aliphatic heterocycles. The first-order chi connectivity index (χ1) is 15.0. The molecule has 1 aromatic heterocycles. The number of aromatic nitrogens is 2. The van der Waals surface area contributed by atoms with Gasteiger partial charge >= 0.3 is 0 Å². The molecule has 156 valence electrons. The summed E-state index contributed by atoms with van der Waals surface area (Å²) < 4.78 is 0. The Labute approximate surface area is 181 Å². The molecule has 31 heavy (non-hydrogen) atoms. The molecule has 0 unspecified atom stereocenters. The van der Waals surface area contributed by atoms with Gasteiger partial charge in [0.2, 0.25) is 5.91 Å². The van der Waals surface area contributed by atoms with E-state index >= 15 is 0 Å². The van der Waals surface area contributed by atoms with Gasteiger partial charge in [-0.2, -0.15) is 0 Å². The number of carbonyl (C=O) groups is 1. The van der Waals surface area contributed by atoms with Crippen LogP contribution in [0.3, 0.4) is 0 Å². The van der Waals surface area contributed by atoms with Crippen molar-refractivity contribution in [2.24, 2.45) is 0 Å². The highest BCUT2D eigenvalue weighted by atomic mass is 16.1. The average Bonchev–Trinajstić information content (AvgIpc) is 2.78. The molecule has 1 atom stereocenters. The van der Waals surface area contributed by atoms with Crippen LogP contribution < -0.4 is 10.9 Å². The summed E-state index contributed by atoms with van der Waals surface area (Å²) in [5, 5.41) is 5.34. The first kappa shape index (κ1) is 20.5. The standard InChI is InChI=1S/C26H25N3O2/c1-17(21-14-8-12-19-9-6-7-13-23(19)21)27-24(30)16-15-22-18(2)28-25(29-26(22)31)20-10-4-3-5-11-20/h3-14,17H,15-16H2,1-2H3,(H,27,30)(H,28,29,31)/t17-/m0/s1. The van der Waals surface area contributed by atoms with Gasteiger partial charge in [-0.25, -0.2) is 4.98 Å². The van der Waals surface area contributed by atoms with Crippen LogP contribution in [0.25, 0.3) is 22.2 Å². The van der Waals surface area contributed by atoms with Crippen molar-refractivity contribution >= 4 is 16.7 Å². The Balaban J connectivity index is 1.44. The largest absolute Gasteiger partial charge is 0.350 e. The minimum atomic E-state index is -0.193. The zero-order chi connectivity index (χ0) is 21.8. The maximum Gasteiger partial charge on any atom is 0.254 e. The first-order valence-corrected chi connectivity index (χ1v) is 10.4. The van der Waals surface area contributed by atoms with Crippen LogP contribution in [-0.4, -0.2) is 15.9 Å². The van der Waals surface area contributed by atoms with Gasteiger partial charge in [0, 0.05) is 23.2 Å². The Morgan fingerprint density at radius 1 is 1.00 bits per heavy atom. The maximum atomic E-state index is 12.6. The summed E-state index contributed by atoms with van der Waals surface area (Å²) in [6, 6.07) is 23.6. The van der Waals surface area contributed by atoms with E-state index in [1.54, 1.807) is 0 Å². The fraction of sp³-hybridized carbons (Fsp3) is 0.192. The van der Waals surface area contributed by atoms with Crippen LogP contribution in [-0.2, 0) is 11.2 Å². The molecule has 4 aromatic rings. The molecule has 1 heterocycles. The van der Waals surface area contributed by atoms with Crippen molar-refractivity contribution in [1.82, 2.24) is 15.3 Å². The summed E-state index contributed by atoms with van der Waals surface area (Å²) in [5.41, 5.74) is 2.94. The SMILES string of the molecule is Cc1nc(-c2ccccc2)[nH]c(=O)c1CCC(=O)N[C@@H](C)c1cccc2ccccc12. The van der Waals surface area contributed by atoms with Crippen molar-refractivity contribution in [3.8, 4) is 11.4 Å². The van der Waals surface area contributed by atoms with Crippen LogP contribution in [0.2, 0.25) is 0 Å². The van der Waals surface area contributed by atoms with Crippen molar-refractivity contribution in [2.75, 3.05) is 0 Å². The van der Waals surface area contributed by atoms with Gasteiger partial charge in [-0.15, -0.1) is 0 Å². The molecule has 0 fully saturated rings. The smallest absolute Gasteiger partial charge is 0.254 e. The van der Waals surface area contributed by atoms with Gasteiger partial charge in [0.15, 0.2) is 0 Å². The number of amides is 1. The number of hydrogen-bond donors (Lipinski definition) is 2. The quantitative estimate of drug-likeness (QED) is 0.483. The Bertz CT molecular complexity index is 1270. The number of hydrogen-bond acceptors (Lipinski definition) is 3. The first-order valence-electron chi connectivity index (χ1n) is 10.4. The Hall–Kier alpha value is -3.73. The molecule has 0 bridgehead atoms. The lowest BCUT2D eigenvalue weighted by Crippen LogP contribution is -2.28. The molecular formula is C26H25N3O2. The lowest BCUT2D eigenvalue weighted by Gasteiger charge is -2.17. The van der Waals surface area contributed by atoms with E-state index in [1.807, 2.05) is 68.4 Å². The summed E-state index contributed by atoms with van der Waals surface area (Å²) in [4.78, 5) is 32.6. The predicted octanol–water partition coefficient (Wildman–Crippen LogP) is 4.71. The number of aromatic amines is 1. The molecule has 0 aliphatic carbocycles. The molecule has 4 rings (SSSR count). The molecule has 5 nitrogen and oxygen atoms in total. The van der Waals surface area contributed by atoms with E-state index in [4.69, 9.17) is 0 Å². The summed E-state index contributed by atoms with van der Waals surface area (Å²) in [6.45, 7) is 3.79. The second-order valence-corrected chi connectivity index (χ2v) is 7.70. The second kappa shape index (κ2) is 8.96. The minimum absolute atomic E-state index is 0.0913. The van der Waals surface area contributed by atoms with Crippen molar-refractivity contribution in [2.45, 2.75) is 32.7 Å². The average molecular weight is 412 g/mol. The molecule has 0 aliphatic rings. The van der Waals surface area contributed by atoms with Crippen molar-refractivity contribution < 1.29 is 4.79 Å². The topological polar surface area (TPSA) is 74.8 Å². The van der Waals surface area contributed by atoms with Crippen LogP contribution in [0.4, 0.5) is 0 Å². The van der Waals surface area contributed by atoms with Crippen molar-refractivity contribution in [1.29, 1.82) is 0 Å². The number of H-pyrrole nitrogens is 1. The van der Waals surface area contributed by atoms with Gasteiger partial charge in [-0.05, 0) is 36.6 Å².